The van der Waals surface area contributed by atoms with Gasteiger partial charge in [0.15, 0.2) is 5.13 Å². The fourth-order valence-corrected chi connectivity index (χ4v) is 4.68. The third-order valence-corrected chi connectivity index (χ3v) is 6.40. The molecule has 2 heterocycles. The fourth-order valence-electron chi connectivity index (χ4n) is 3.82. The molecule has 1 saturated carbocycles. The zero-order valence-electron chi connectivity index (χ0n) is 14.1. The molecule has 6 heteroatoms. The number of hydrogen-bond donors (Lipinski definition) is 1. The van der Waals surface area contributed by atoms with Gasteiger partial charge >= 0.3 is 0 Å². The maximum absolute atomic E-state index is 12.7. The minimum Gasteiger partial charge on any atom is -0.345 e. The maximum Gasteiger partial charge on any atom is 0.223 e. The van der Waals surface area contributed by atoms with Gasteiger partial charge in [-0.15, -0.1) is 11.3 Å². The molecule has 0 unspecified atom stereocenters. The lowest BCUT2D eigenvalue weighted by atomic mass is 9.71. The van der Waals surface area contributed by atoms with Crippen molar-refractivity contribution in [2.45, 2.75) is 45.4 Å². The molecule has 2 N–H and O–H groups in total. The molecule has 128 valence electrons. The van der Waals surface area contributed by atoms with Crippen LogP contribution in [0.15, 0.2) is 5.38 Å². The van der Waals surface area contributed by atoms with E-state index >= 15 is 0 Å². The molecule has 0 atom stereocenters. The van der Waals surface area contributed by atoms with Crippen LogP contribution in [0, 0.1) is 12.3 Å². The van der Waals surface area contributed by atoms with Crippen molar-refractivity contribution >= 4 is 22.4 Å². The second kappa shape index (κ2) is 7.18. The summed E-state index contributed by atoms with van der Waals surface area (Å²) >= 11 is 1.69. The quantitative estimate of drug-likeness (QED) is 0.917. The molecule has 1 saturated heterocycles. The van der Waals surface area contributed by atoms with Crippen molar-refractivity contribution in [2.24, 2.45) is 11.1 Å². The van der Waals surface area contributed by atoms with Crippen LogP contribution in [0.5, 0.6) is 0 Å². The van der Waals surface area contributed by atoms with E-state index < -0.39 is 0 Å². The van der Waals surface area contributed by atoms with Gasteiger partial charge in [0.25, 0.3) is 0 Å². The Morgan fingerprint density at radius 1 is 1.26 bits per heavy atom. The fraction of sp³-hybridized carbons (Fsp3) is 0.765. The molecule has 1 amide bonds. The highest BCUT2D eigenvalue weighted by atomic mass is 32.1. The van der Waals surface area contributed by atoms with Crippen LogP contribution in [0.25, 0.3) is 0 Å². The van der Waals surface area contributed by atoms with Gasteiger partial charge in [-0.05, 0) is 31.7 Å². The molecule has 1 aromatic rings. The number of piperazine rings is 1. The summed E-state index contributed by atoms with van der Waals surface area (Å²) in [6, 6.07) is 0. The SMILES string of the molecule is Cc1csc(N2CCN(C(=O)CC3(CN)CCCCC3)CC2)n1. The lowest BCUT2D eigenvalue weighted by Gasteiger charge is -2.39. The van der Waals surface area contributed by atoms with Gasteiger partial charge in [0, 0.05) is 38.0 Å². The van der Waals surface area contributed by atoms with Crippen LogP contribution in [-0.4, -0.2) is 48.5 Å². The third kappa shape index (κ3) is 3.86. The number of nitrogens with zero attached hydrogens (tertiary/aromatic N) is 3. The van der Waals surface area contributed by atoms with E-state index in [9.17, 15) is 4.79 Å². The van der Waals surface area contributed by atoms with E-state index in [1.54, 1.807) is 11.3 Å². The Hall–Kier alpha value is -1.14. The molecule has 0 bridgehead atoms. The van der Waals surface area contributed by atoms with Crippen molar-refractivity contribution in [3.63, 3.8) is 0 Å². The molecule has 1 aromatic heterocycles. The smallest absolute Gasteiger partial charge is 0.223 e. The average molecular weight is 337 g/mol. The van der Waals surface area contributed by atoms with Crippen LogP contribution in [0.3, 0.4) is 0 Å². The van der Waals surface area contributed by atoms with E-state index in [1.807, 2.05) is 11.8 Å². The molecule has 1 aliphatic carbocycles. The number of thiazole rings is 1. The van der Waals surface area contributed by atoms with Gasteiger partial charge < -0.3 is 15.5 Å². The van der Waals surface area contributed by atoms with E-state index in [4.69, 9.17) is 5.73 Å². The van der Waals surface area contributed by atoms with Crippen LogP contribution in [-0.2, 0) is 4.79 Å². The van der Waals surface area contributed by atoms with E-state index in [-0.39, 0.29) is 5.41 Å². The summed E-state index contributed by atoms with van der Waals surface area (Å²) < 4.78 is 0. The van der Waals surface area contributed by atoms with Crippen molar-refractivity contribution in [1.29, 1.82) is 0 Å². The Labute approximate surface area is 142 Å². The van der Waals surface area contributed by atoms with Gasteiger partial charge in [0.1, 0.15) is 0 Å². The van der Waals surface area contributed by atoms with Gasteiger partial charge in [0.2, 0.25) is 5.91 Å². The first-order chi connectivity index (χ1) is 11.1. The number of aryl methyl sites for hydroxylation is 1. The Kier molecular flexibility index (Phi) is 5.21. The highest BCUT2D eigenvalue weighted by Crippen LogP contribution is 2.38. The predicted molar refractivity (Wildman–Crippen MR) is 94.8 cm³/mol. The summed E-state index contributed by atoms with van der Waals surface area (Å²) in [6.45, 7) is 6.05. The monoisotopic (exact) mass is 336 g/mol. The summed E-state index contributed by atoms with van der Waals surface area (Å²) in [4.78, 5) is 21.6. The first-order valence-corrected chi connectivity index (χ1v) is 9.65. The molecule has 0 spiro atoms. The number of carbonyl (C=O) groups excluding carboxylic acids is 1. The van der Waals surface area contributed by atoms with Crippen LogP contribution in [0.4, 0.5) is 5.13 Å². The van der Waals surface area contributed by atoms with Gasteiger partial charge in [-0.2, -0.15) is 0 Å². The number of amides is 1. The Balaban J connectivity index is 1.53. The Morgan fingerprint density at radius 2 is 1.96 bits per heavy atom. The van der Waals surface area contributed by atoms with E-state index in [0.717, 1.165) is 49.8 Å². The topological polar surface area (TPSA) is 62.5 Å². The van der Waals surface area contributed by atoms with Crippen LogP contribution < -0.4 is 10.6 Å². The number of nitrogens with two attached hydrogens (primary N) is 1. The maximum atomic E-state index is 12.7. The van der Waals surface area contributed by atoms with Crippen molar-refractivity contribution in [3.05, 3.63) is 11.1 Å². The predicted octanol–water partition coefficient (Wildman–Crippen LogP) is 2.40. The summed E-state index contributed by atoms with van der Waals surface area (Å²) in [5.74, 6) is 0.298. The number of rotatable bonds is 4. The summed E-state index contributed by atoms with van der Waals surface area (Å²) in [6.07, 6.45) is 6.62. The molecule has 2 aliphatic rings. The number of aromatic nitrogens is 1. The minimum atomic E-state index is 0.0683. The zero-order valence-corrected chi connectivity index (χ0v) is 14.9. The van der Waals surface area contributed by atoms with Gasteiger partial charge in [-0.1, -0.05) is 19.3 Å². The first kappa shape index (κ1) is 16.7. The molecule has 1 aliphatic heterocycles. The highest BCUT2D eigenvalue weighted by Gasteiger charge is 2.35. The van der Waals surface area contributed by atoms with Gasteiger partial charge in [0.05, 0.1) is 5.69 Å². The van der Waals surface area contributed by atoms with Crippen LogP contribution >= 0.6 is 11.3 Å². The molecule has 2 fully saturated rings. The zero-order chi connectivity index (χ0) is 16.3. The van der Waals surface area contributed by atoms with E-state index in [2.05, 4.69) is 15.3 Å². The standard InChI is InChI=1S/C17H28N4OS/c1-14-12-23-16(19-14)21-9-7-20(8-10-21)15(22)11-17(13-18)5-3-2-4-6-17/h12H,2-11,13,18H2,1H3. The molecule has 3 rings (SSSR count). The lowest BCUT2D eigenvalue weighted by molar-refractivity contribution is -0.134. The van der Waals surface area contributed by atoms with Crippen molar-refractivity contribution in [1.82, 2.24) is 9.88 Å². The first-order valence-electron chi connectivity index (χ1n) is 8.77. The largest absolute Gasteiger partial charge is 0.345 e. The summed E-state index contributed by atoms with van der Waals surface area (Å²) in [5, 5.41) is 3.17. The molecule has 0 radical (unpaired) electrons. The molecule has 5 nitrogen and oxygen atoms in total. The molecular weight excluding hydrogens is 308 g/mol. The van der Waals surface area contributed by atoms with Crippen molar-refractivity contribution in [3.8, 4) is 0 Å². The molecule has 23 heavy (non-hydrogen) atoms. The third-order valence-electron chi connectivity index (χ3n) is 5.38. The average Bonchev–Trinajstić information content (AvgIpc) is 3.02. The van der Waals surface area contributed by atoms with Crippen LogP contribution in [0.2, 0.25) is 0 Å². The Bertz CT molecular complexity index is 530. The summed E-state index contributed by atoms with van der Waals surface area (Å²) in [5.41, 5.74) is 7.17. The Morgan fingerprint density at radius 3 is 2.52 bits per heavy atom. The van der Waals surface area contributed by atoms with Gasteiger partial charge in [-0.25, -0.2) is 4.98 Å². The number of hydrogen-bond acceptors (Lipinski definition) is 5. The second-order valence-electron chi connectivity index (χ2n) is 7.08. The molecule has 0 aromatic carbocycles. The van der Waals surface area contributed by atoms with Crippen molar-refractivity contribution < 1.29 is 4.79 Å². The highest BCUT2D eigenvalue weighted by molar-refractivity contribution is 7.13. The summed E-state index contributed by atoms with van der Waals surface area (Å²) in [7, 11) is 0. The van der Waals surface area contributed by atoms with Crippen molar-refractivity contribution in [2.75, 3.05) is 37.6 Å². The lowest BCUT2D eigenvalue weighted by Crippen LogP contribution is -2.50. The number of anilines is 1. The second-order valence-corrected chi connectivity index (χ2v) is 7.92. The molecular formula is C17H28N4OS. The number of carbonyl (C=O) groups is 1. The minimum absolute atomic E-state index is 0.0683. The van der Waals surface area contributed by atoms with Crippen LogP contribution in [0.1, 0.15) is 44.2 Å². The normalized spacial score (nSPS) is 21.5. The van der Waals surface area contributed by atoms with E-state index in [0.29, 0.717) is 18.9 Å². The van der Waals surface area contributed by atoms with Gasteiger partial charge in [-0.3, -0.25) is 4.79 Å². The van der Waals surface area contributed by atoms with E-state index in [1.165, 1.54) is 19.3 Å².